The molecule has 0 saturated heterocycles. The maximum Gasteiger partial charge on any atom is 0.246 e. The van der Waals surface area contributed by atoms with Crippen LogP contribution in [0.4, 0.5) is 10.1 Å². The predicted octanol–water partition coefficient (Wildman–Crippen LogP) is 3.26. The molecule has 0 unspecified atom stereocenters. The molecule has 2 aromatic heterocycles. The zero-order valence-corrected chi connectivity index (χ0v) is 9.78. The van der Waals surface area contributed by atoms with Gasteiger partial charge in [-0.2, -0.15) is 0 Å². The number of pyridine rings is 1. The zero-order chi connectivity index (χ0) is 12.7. The van der Waals surface area contributed by atoms with E-state index in [4.69, 9.17) is 21.8 Å². The largest absolute Gasteiger partial charge is 0.435 e. The molecule has 0 saturated carbocycles. The van der Waals surface area contributed by atoms with E-state index in [0.717, 1.165) is 6.20 Å². The van der Waals surface area contributed by atoms with E-state index in [9.17, 15) is 4.39 Å². The molecular weight excluding hydrogens is 257 g/mol. The highest BCUT2D eigenvalue weighted by Gasteiger charge is 2.11. The van der Waals surface area contributed by atoms with E-state index in [1.807, 2.05) is 0 Å². The molecule has 0 aliphatic carbocycles. The van der Waals surface area contributed by atoms with Crippen molar-refractivity contribution >= 4 is 28.4 Å². The number of fused-ring (bicyclic) bond motifs is 1. The Morgan fingerprint density at radius 3 is 2.83 bits per heavy atom. The van der Waals surface area contributed by atoms with Crippen molar-refractivity contribution in [3.8, 4) is 11.6 Å². The number of anilines is 1. The van der Waals surface area contributed by atoms with Crippen molar-refractivity contribution < 1.29 is 8.81 Å². The molecule has 2 N–H and O–H groups in total. The molecule has 2 heterocycles. The second kappa shape index (κ2) is 3.96. The number of aromatic nitrogens is 2. The molecule has 1 aromatic carbocycles. The lowest BCUT2D eigenvalue weighted by atomic mass is 10.3. The van der Waals surface area contributed by atoms with Gasteiger partial charge in [-0.15, -0.1) is 0 Å². The lowest BCUT2D eigenvalue weighted by molar-refractivity contribution is 0.608. The molecule has 3 aromatic rings. The molecule has 0 aliphatic rings. The van der Waals surface area contributed by atoms with Crippen LogP contribution in [0.1, 0.15) is 0 Å². The first-order chi connectivity index (χ1) is 8.63. The van der Waals surface area contributed by atoms with Crippen LogP contribution in [0.3, 0.4) is 0 Å². The van der Waals surface area contributed by atoms with Crippen molar-refractivity contribution in [3.63, 3.8) is 0 Å². The van der Waals surface area contributed by atoms with E-state index >= 15 is 0 Å². The summed E-state index contributed by atoms with van der Waals surface area (Å²) in [5.74, 6) is -0.117. The molecule has 0 fully saturated rings. The number of oxazole rings is 1. The molecule has 0 radical (unpaired) electrons. The SMILES string of the molecule is Nc1cc2oc(-c3ccc(F)cn3)nc2cc1Cl. The summed E-state index contributed by atoms with van der Waals surface area (Å²) in [6.07, 6.45) is 1.10. The van der Waals surface area contributed by atoms with E-state index in [2.05, 4.69) is 9.97 Å². The molecule has 0 atom stereocenters. The summed E-state index contributed by atoms with van der Waals surface area (Å²) in [6, 6.07) is 5.99. The van der Waals surface area contributed by atoms with Gasteiger partial charge in [0.1, 0.15) is 17.0 Å². The molecule has 90 valence electrons. The summed E-state index contributed by atoms with van der Waals surface area (Å²) in [4.78, 5) is 8.12. The number of hydrogen-bond donors (Lipinski definition) is 1. The molecule has 0 bridgehead atoms. The smallest absolute Gasteiger partial charge is 0.246 e. The Bertz CT molecular complexity index is 685. The summed E-state index contributed by atoms with van der Waals surface area (Å²) >= 11 is 5.89. The van der Waals surface area contributed by atoms with Gasteiger partial charge in [0.15, 0.2) is 5.58 Å². The Labute approximate surface area is 106 Å². The third kappa shape index (κ3) is 1.78. The van der Waals surface area contributed by atoms with E-state index < -0.39 is 5.82 Å². The Balaban J connectivity index is 2.16. The highest BCUT2D eigenvalue weighted by molar-refractivity contribution is 6.33. The number of benzene rings is 1. The van der Waals surface area contributed by atoms with Crippen molar-refractivity contribution in [2.24, 2.45) is 0 Å². The molecule has 0 spiro atoms. The second-order valence-electron chi connectivity index (χ2n) is 3.72. The average Bonchev–Trinajstić information content (AvgIpc) is 2.73. The van der Waals surface area contributed by atoms with Crippen molar-refractivity contribution in [2.75, 3.05) is 5.73 Å². The Morgan fingerprint density at radius 1 is 1.28 bits per heavy atom. The van der Waals surface area contributed by atoms with Gasteiger partial charge in [0.05, 0.1) is 16.9 Å². The summed E-state index contributed by atoms with van der Waals surface area (Å²) in [5.41, 5.74) is 7.62. The van der Waals surface area contributed by atoms with Crippen LogP contribution in [0.25, 0.3) is 22.7 Å². The Hall–Kier alpha value is -2.14. The highest BCUT2D eigenvalue weighted by atomic mass is 35.5. The quantitative estimate of drug-likeness (QED) is 0.685. The summed E-state index contributed by atoms with van der Waals surface area (Å²) in [7, 11) is 0. The molecule has 3 rings (SSSR count). The van der Waals surface area contributed by atoms with Gasteiger partial charge >= 0.3 is 0 Å². The number of nitrogen functional groups attached to an aromatic ring is 1. The molecule has 0 amide bonds. The molecule has 4 nitrogen and oxygen atoms in total. The molecular formula is C12H7ClFN3O. The lowest BCUT2D eigenvalue weighted by Gasteiger charge is -1.94. The first kappa shape index (κ1) is 11.0. The number of halogens is 2. The van der Waals surface area contributed by atoms with Gasteiger partial charge in [0, 0.05) is 6.07 Å². The van der Waals surface area contributed by atoms with Crippen LogP contribution in [0.15, 0.2) is 34.9 Å². The minimum Gasteiger partial charge on any atom is -0.435 e. The van der Waals surface area contributed by atoms with E-state index in [1.165, 1.54) is 12.1 Å². The molecule has 6 heteroatoms. The van der Waals surface area contributed by atoms with Crippen LogP contribution in [-0.4, -0.2) is 9.97 Å². The Kier molecular flexibility index (Phi) is 2.41. The van der Waals surface area contributed by atoms with Crippen LogP contribution in [0.5, 0.6) is 0 Å². The zero-order valence-electron chi connectivity index (χ0n) is 9.02. The monoisotopic (exact) mass is 263 g/mol. The maximum atomic E-state index is 12.8. The van der Waals surface area contributed by atoms with Crippen LogP contribution in [-0.2, 0) is 0 Å². The standard InChI is InChI=1S/C12H7ClFN3O/c13-7-3-10-11(4-8(7)15)18-12(17-10)9-2-1-6(14)5-16-9/h1-5H,15H2. The van der Waals surface area contributed by atoms with E-state index in [0.29, 0.717) is 33.4 Å². The minimum atomic E-state index is -0.415. The lowest BCUT2D eigenvalue weighted by Crippen LogP contribution is -1.85. The van der Waals surface area contributed by atoms with Crippen LogP contribution < -0.4 is 5.73 Å². The predicted molar refractivity (Wildman–Crippen MR) is 66.6 cm³/mol. The van der Waals surface area contributed by atoms with E-state index in [1.54, 1.807) is 12.1 Å². The number of nitrogens with zero attached hydrogens (tertiary/aromatic N) is 2. The fourth-order valence-electron chi connectivity index (χ4n) is 1.58. The maximum absolute atomic E-state index is 12.8. The minimum absolute atomic E-state index is 0.298. The first-order valence-electron chi connectivity index (χ1n) is 5.11. The van der Waals surface area contributed by atoms with Crippen molar-refractivity contribution in [3.05, 3.63) is 41.3 Å². The van der Waals surface area contributed by atoms with Crippen LogP contribution >= 0.6 is 11.6 Å². The molecule has 18 heavy (non-hydrogen) atoms. The van der Waals surface area contributed by atoms with Gasteiger partial charge < -0.3 is 10.2 Å². The number of nitrogens with two attached hydrogens (primary N) is 1. The topological polar surface area (TPSA) is 64.9 Å². The fraction of sp³-hybridized carbons (Fsp3) is 0. The van der Waals surface area contributed by atoms with Crippen molar-refractivity contribution in [1.29, 1.82) is 0 Å². The summed E-state index contributed by atoms with van der Waals surface area (Å²) < 4.78 is 18.3. The van der Waals surface area contributed by atoms with Gasteiger partial charge in [0.2, 0.25) is 5.89 Å². The normalized spacial score (nSPS) is 11.0. The third-order valence-electron chi connectivity index (χ3n) is 2.45. The van der Waals surface area contributed by atoms with Crippen molar-refractivity contribution in [1.82, 2.24) is 9.97 Å². The Morgan fingerprint density at radius 2 is 2.11 bits per heavy atom. The van der Waals surface area contributed by atoms with Gasteiger partial charge in [-0.25, -0.2) is 14.4 Å². The van der Waals surface area contributed by atoms with E-state index in [-0.39, 0.29) is 0 Å². The highest BCUT2D eigenvalue weighted by Crippen LogP contribution is 2.29. The van der Waals surface area contributed by atoms with Gasteiger partial charge in [0.25, 0.3) is 0 Å². The van der Waals surface area contributed by atoms with Gasteiger partial charge in [-0.1, -0.05) is 11.6 Å². The third-order valence-corrected chi connectivity index (χ3v) is 2.78. The molecule has 0 aliphatic heterocycles. The summed E-state index contributed by atoms with van der Waals surface area (Å²) in [6.45, 7) is 0. The van der Waals surface area contributed by atoms with Gasteiger partial charge in [-0.3, -0.25) is 0 Å². The fourth-order valence-corrected chi connectivity index (χ4v) is 1.73. The second-order valence-corrected chi connectivity index (χ2v) is 4.13. The first-order valence-corrected chi connectivity index (χ1v) is 5.49. The average molecular weight is 264 g/mol. The van der Waals surface area contributed by atoms with Crippen LogP contribution in [0, 0.1) is 5.82 Å². The summed E-state index contributed by atoms with van der Waals surface area (Å²) in [5, 5.41) is 0.411. The van der Waals surface area contributed by atoms with Crippen molar-refractivity contribution in [2.45, 2.75) is 0 Å². The van der Waals surface area contributed by atoms with Gasteiger partial charge in [-0.05, 0) is 18.2 Å². The van der Waals surface area contributed by atoms with Crippen LogP contribution in [0.2, 0.25) is 5.02 Å². The number of hydrogen-bond acceptors (Lipinski definition) is 4. The number of rotatable bonds is 1.